The zero-order valence-electron chi connectivity index (χ0n) is 12.0. The van der Waals surface area contributed by atoms with E-state index in [1.807, 2.05) is 4.57 Å². The lowest BCUT2D eigenvalue weighted by Crippen LogP contribution is -2.49. The molecule has 108 valence electrons. The molecule has 0 spiro atoms. The average Bonchev–Trinajstić information content (AvgIpc) is 2.85. The van der Waals surface area contributed by atoms with Gasteiger partial charge in [0.25, 0.3) is 0 Å². The van der Waals surface area contributed by atoms with Gasteiger partial charge in [-0.25, -0.2) is 9.78 Å². The van der Waals surface area contributed by atoms with E-state index < -0.39 is 5.97 Å². The van der Waals surface area contributed by atoms with Gasteiger partial charge in [0.05, 0.1) is 12.5 Å². The van der Waals surface area contributed by atoms with Crippen LogP contribution in [0.4, 0.5) is 0 Å². The fourth-order valence-corrected chi connectivity index (χ4v) is 5.76. The van der Waals surface area contributed by atoms with Gasteiger partial charge >= 0.3 is 5.97 Å². The summed E-state index contributed by atoms with van der Waals surface area (Å²) in [5.41, 5.74) is 0.660. The highest BCUT2D eigenvalue weighted by molar-refractivity contribution is 5.85. The predicted molar refractivity (Wildman–Crippen MR) is 74.5 cm³/mol. The van der Waals surface area contributed by atoms with Crippen LogP contribution in [-0.4, -0.2) is 20.6 Å². The maximum atomic E-state index is 11.4. The minimum atomic E-state index is -0.862. The van der Waals surface area contributed by atoms with Gasteiger partial charge in [0.15, 0.2) is 0 Å². The first-order valence-corrected chi connectivity index (χ1v) is 7.82. The van der Waals surface area contributed by atoms with Crippen LogP contribution in [0.15, 0.2) is 12.5 Å². The minimum Gasteiger partial charge on any atom is -0.477 e. The molecule has 4 bridgehead atoms. The van der Waals surface area contributed by atoms with Gasteiger partial charge < -0.3 is 9.67 Å². The second-order valence-electron chi connectivity index (χ2n) is 7.45. The molecule has 0 aromatic carbocycles. The molecule has 1 unspecified atom stereocenters. The summed E-state index contributed by atoms with van der Waals surface area (Å²) in [5.74, 6) is 1.81. The number of aromatic nitrogens is 2. The van der Waals surface area contributed by atoms with Crippen LogP contribution in [0.25, 0.3) is 0 Å². The summed E-state index contributed by atoms with van der Waals surface area (Å²) < 4.78 is 1.91. The van der Waals surface area contributed by atoms with Crippen molar-refractivity contribution in [1.82, 2.24) is 9.55 Å². The number of aromatic carboxylic acids is 1. The van der Waals surface area contributed by atoms with Crippen LogP contribution in [0.3, 0.4) is 0 Å². The Bertz CT molecular complexity index is 513. The molecule has 5 rings (SSSR count). The number of hydrogen-bond acceptors (Lipinski definition) is 2. The second kappa shape index (κ2) is 4.09. The third-order valence-corrected chi connectivity index (χ3v) is 6.27. The van der Waals surface area contributed by atoms with Gasteiger partial charge in [-0.2, -0.15) is 0 Å². The summed E-state index contributed by atoms with van der Waals surface area (Å²) in [6.45, 7) is 2.21. The Hall–Kier alpha value is -1.32. The quantitative estimate of drug-likeness (QED) is 0.919. The van der Waals surface area contributed by atoms with Gasteiger partial charge in [0.2, 0.25) is 0 Å². The van der Waals surface area contributed by atoms with E-state index in [9.17, 15) is 9.90 Å². The molecule has 1 aromatic rings. The van der Waals surface area contributed by atoms with Crippen molar-refractivity contribution in [3.05, 3.63) is 18.2 Å². The standard InChI is InChI=1S/C16H22N2O2/c1-10(18-9-17-8-14(18)15(19)20)16-5-11-2-12(6-16)4-13(3-11)7-16/h8-13H,2-7H2,1H3,(H,19,20). The van der Waals surface area contributed by atoms with Crippen molar-refractivity contribution >= 4 is 5.97 Å². The lowest BCUT2D eigenvalue weighted by Gasteiger charge is -2.59. The van der Waals surface area contributed by atoms with Crippen LogP contribution < -0.4 is 0 Å². The molecule has 1 atom stereocenters. The smallest absolute Gasteiger partial charge is 0.354 e. The van der Waals surface area contributed by atoms with Crippen LogP contribution in [0, 0.1) is 23.2 Å². The van der Waals surface area contributed by atoms with Crippen molar-refractivity contribution in [2.24, 2.45) is 23.2 Å². The second-order valence-corrected chi connectivity index (χ2v) is 7.45. The van der Waals surface area contributed by atoms with E-state index in [-0.39, 0.29) is 6.04 Å². The van der Waals surface area contributed by atoms with E-state index >= 15 is 0 Å². The monoisotopic (exact) mass is 274 g/mol. The van der Waals surface area contributed by atoms with Gasteiger partial charge in [-0.1, -0.05) is 0 Å². The highest BCUT2D eigenvalue weighted by Crippen LogP contribution is 2.63. The van der Waals surface area contributed by atoms with Crippen molar-refractivity contribution in [1.29, 1.82) is 0 Å². The normalized spacial score (nSPS) is 40.0. The summed E-state index contributed by atoms with van der Waals surface area (Å²) in [6, 6.07) is 0.254. The van der Waals surface area contributed by atoms with Crippen LogP contribution in [-0.2, 0) is 0 Å². The maximum absolute atomic E-state index is 11.4. The Morgan fingerprint density at radius 2 is 1.85 bits per heavy atom. The van der Waals surface area contributed by atoms with E-state index in [0.29, 0.717) is 11.1 Å². The van der Waals surface area contributed by atoms with Crippen molar-refractivity contribution in [2.45, 2.75) is 51.5 Å². The zero-order valence-corrected chi connectivity index (χ0v) is 12.0. The highest BCUT2D eigenvalue weighted by atomic mass is 16.4. The number of nitrogens with zero attached hydrogens (tertiary/aromatic N) is 2. The molecule has 0 saturated heterocycles. The highest BCUT2D eigenvalue weighted by Gasteiger charge is 2.53. The Kier molecular flexibility index (Phi) is 2.54. The van der Waals surface area contributed by atoms with Gasteiger partial charge in [0.1, 0.15) is 5.69 Å². The number of hydrogen-bond donors (Lipinski definition) is 1. The average molecular weight is 274 g/mol. The number of imidazole rings is 1. The molecular formula is C16H22N2O2. The zero-order chi connectivity index (χ0) is 13.9. The topological polar surface area (TPSA) is 55.1 Å². The Morgan fingerprint density at radius 3 is 2.35 bits per heavy atom. The van der Waals surface area contributed by atoms with E-state index in [4.69, 9.17) is 0 Å². The van der Waals surface area contributed by atoms with Crippen LogP contribution >= 0.6 is 0 Å². The van der Waals surface area contributed by atoms with Crippen LogP contribution in [0.2, 0.25) is 0 Å². The molecule has 4 aliphatic carbocycles. The fourth-order valence-electron chi connectivity index (χ4n) is 5.76. The molecular weight excluding hydrogens is 252 g/mol. The SMILES string of the molecule is CC(n1cncc1C(=O)O)C12CC3CC(CC(C3)C1)C2. The van der Waals surface area contributed by atoms with Crippen molar-refractivity contribution < 1.29 is 9.90 Å². The molecule has 4 heteroatoms. The van der Waals surface area contributed by atoms with E-state index in [1.54, 1.807) is 6.33 Å². The Morgan fingerprint density at radius 1 is 1.30 bits per heavy atom. The molecule has 1 heterocycles. The van der Waals surface area contributed by atoms with E-state index in [1.165, 1.54) is 44.7 Å². The molecule has 0 radical (unpaired) electrons. The molecule has 20 heavy (non-hydrogen) atoms. The predicted octanol–water partition coefficient (Wildman–Crippen LogP) is 3.36. The molecule has 4 fully saturated rings. The number of carboxylic acids is 1. The van der Waals surface area contributed by atoms with Gasteiger partial charge in [-0.05, 0) is 68.6 Å². The lowest BCUT2D eigenvalue weighted by atomic mass is 9.48. The first kappa shape index (κ1) is 12.4. The Labute approximate surface area is 119 Å². The number of rotatable bonds is 3. The van der Waals surface area contributed by atoms with Crippen LogP contribution in [0.1, 0.15) is 62.0 Å². The summed E-state index contributed by atoms with van der Waals surface area (Å²) >= 11 is 0. The van der Waals surface area contributed by atoms with Crippen molar-refractivity contribution in [2.75, 3.05) is 0 Å². The molecule has 4 nitrogen and oxygen atoms in total. The van der Waals surface area contributed by atoms with E-state index in [2.05, 4.69) is 11.9 Å². The van der Waals surface area contributed by atoms with Crippen molar-refractivity contribution in [3.63, 3.8) is 0 Å². The molecule has 1 aromatic heterocycles. The molecule has 0 aliphatic heterocycles. The van der Waals surface area contributed by atoms with Gasteiger partial charge in [0, 0.05) is 6.04 Å². The van der Waals surface area contributed by atoms with Crippen LogP contribution in [0.5, 0.6) is 0 Å². The maximum Gasteiger partial charge on any atom is 0.354 e. The molecule has 4 saturated carbocycles. The number of carboxylic acid groups (broad SMARTS) is 1. The molecule has 0 amide bonds. The third kappa shape index (κ3) is 1.66. The molecule has 1 N–H and O–H groups in total. The Balaban J connectivity index is 1.69. The fraction of sp³-hybridized carbons (Fsp3) is 0.750. The first-order chi connectivity index (χ1) is 9.57. The largest absolute Gasteiger partial charge is 0.477 e. The summed E-state index contributed by atoms with van der Waals surface area (Å²) in [7, 11) is 0. The summed E-state index contributed by atoms with van der Waals surface area (Å²) in [5, 5.41) is 9.32. The third-order valence-electron chi connectivity index (χ3n) is 6.27. The summed E-state index contributed by atoms with van der Waals surface area (Å²) in [6.07, 6.45) is 11.3. The molecule has 4 aliphatic rings. The summed E-state index contributed by atoms with van der Waals surface area (Å²) in [4.78, 5) is 15.4. The number of carbonyl (C=O) groups is 1. The van der Waals surface area contributed by atoms with E-state index in [0.717, 1.165) is 17.8 Å². The minimum absolute atomic E-state index is 0.254. The van der Waals surface area contributed by atoms with Gasteiger partial charge in [-0.15, -0.1) is 0 Å². The lowest BCUT2D eigenvalue weighted by molar-refractivity contribution is -0.0791. The van der Waals surface area contributed by atoms with Gasteiger partial charge in [-0.3, -0.25) is 0 Å². The first-order valence-electron chi connectivity index (χ1n) is 7.82. The van der Waals surface area contributed by atoms with Crippen molar-refractivity contribution in [3.8, 4) is 0 Å².